The van der Waals surface area contributed by atoms with E-state index in [-0.39, 0.29) is 0 Å². The number of hydrogen-bond donors (Lipinski definition) is 0. The second-order valence-electron chi connectivity index (χ2n) is 5.65. The standard InChI is InChI=1S/C20H19NO4/c1-13-6-4-5-7-15(13)12-16-20(22)25-19(21-16)11-14-8-9-17(23-2)18(10-14)24-3/h4-10,12H,11H2,1-3H3/b16-12-. The maximum absolute atomic E-state index is 12.1. The molecule has 0 saturated heterocycles. The molecule has 0 fully saturated rings. The predicted molar refractivity (Wildman–Crippen MR) is 95.9 cm³/mol. The molecule has 1 heterocycles. The average molecular weight is 337 g/mol. The van der Waals surface area contributed by atoms with Gasteiger partial charge in [-0.15, -0.1) is 0 Å². The Hall–Kier alpha value is -3.08. The lowest BCUT2D eigenvalue weighted by Gasteiger charge is -2.09. The first kappa shape index (κ1) is 16.8. The van der Waals surface area contributed by atoms with Gasteiger partial charge >= 0.3 is 5.97 Å². The largest absolute Gasteiger partial charge is 0.493 e. The predicted octanol–water partition coefficient (Wildman–Crippen LogP) is 3.55. The van der Waals surface area contributed by atoms with E-state index < -0.39 is 5.97 Å². The summed E-state index contributed by atoms with van der Waals surface area (Å²) < 4.78 is 15.8. The molecule has 5 heteroatoms. The van der Waals surface area contributed by atoms with Crippen LogP contribution in [0.15, 0.2) is 53.2 Å². The van der Waals surface area contributed by atoms with Gasteiger partial charge in [-0.2, -0.15) is 0 Å². The summed E-state index contributed by atoms with van der Waals surface area (Å²) in [6.07, 6.45) is 2.15. The van der Waals surface area contributed by atoms with Gasteiger partial charge in [0.05, 0.1) is 14.2 Å². The first-order valence-corrected chi connectivity index (χ1v) is 7.88. The van der Waals surface area contributed by atoms with Crippen molar-refractivity contribution in [3.8, 4) is 11.5 Å². The van der Waals surface area contributed by atoms with Crippen LogP contribution in [0, 0.1) is 6.92 Å². The zero-order valence-electron chi connectivity index (χ0n) is 14.4. The molecule has 128 valence electrons. The topological polar surface area (TPSA) is 57.1 Å². The quantitative estimate of drug-likeness (QED) is 0.618. The molecule has 0 radical (unpaired) electrons. The van der Waals surface area contributed by atoms with E-state index in [2.05, 4.69) is 4.99 Å². The van der Waals surface area contributed by atoms with Crippen molar-refractivity contribution in [2.45, 2.75) is 13.3 Å². The molecular formula is C20H19NO4. The number of nitrogens with zero attached hydrogens (tertiary/aromatic N) is 1. The molecule has 1 aliphatic heterocycles. The highest BCUT2D eigenvalue weighted by Gasteiger charge is 2.23. The fourth-order valence-corrected chi connectivity index (χ4v) is 2.59. The lowest BCUT2D eigenvalue weighted by molar-refractivity contribution is -0.130. The van der Waals surface area contributed by atoms with Gasteiger partial charge in [-0.25, -0.2) is 9.79 Å². The van der Waals surface area contributed by atoms with Crippen LogP contribution in [0.25, 0.3) is 6.08 Å². The summed E-state index contributed by atoms with van der Waals surface area (Å²) in [5.41, 5.74) is 3.25. The smallest absolute Gasteiger partial charge is 0.363 e. The summed E-state index contributed by atoms with van der Waals surface area (Å²) in [7, 11) is 3.17. The second kappa shape index (κ2) is 7.21. The van der Waals surface area contributed by atoms with Gasteiger partial charge in [0.15, 0.2) is 17.2 Å². The molecule has 5 nitrogen and oxygen atoms in total. The molecule has 3 rings (SSSR count). The number of aryl methyl sites for hydroxylation is 1. The lowest BCUT2D eigenvalue weighted by Crippen LogP contribution is -2.07. The SMILES string of the molecule is COc1ccc(CC2=N/C(=C\c3ccccc3C)C(=O)O2)cc1OC. The molecule has 0 amide bonds. The Morgan fingerprint density at radius 2 is 1.84 bits per heavy atom. The van der Waals surface area contributed by atoms with Gasteiger partial charge in [-0.1, -0.05) is 30.3 Å². The van der Waals surface area contributed by atoms with Gasteiger partial charge in [-0.05, 0) is 41.8 Å². The molecule has 1 aliphatic rings. The van der Waals surface area contributed by atoms with Crippen molar-refractivity contribution in [1.82, 2.24) is 0 Å². The number of ether oxygens (including phenoxy) is 3. The fourth-order valence-electron chi connectivity index (χ4n) is 2.59. The number of hydrogen-bond acceptors (Lipinski definition) is 5. The number of carbonyl (C=O) groups is 1. The third-order valence-electron chi connectivity index (χ3n) is 3.95. The van der Waals surface area contributed by atoms with E-state index in [4.69, 9.17) is 14.2 Å². The summed E-state index contributed by atoms with van der Waals surface area (Å²) in [6, 6.07) is 13.4. The minimum atomic E-state index is -0.432. The van der Waals surface area contributed by atoms with E-state index >= 15 is 0 Å². The molecule has 0 bridgehead atoms. The number of methoxy groups -OCH3 is 2. The first-order chi connectivity index (χ1) is 12.1. The Morgan fingerprint density at radius 3 is 2.56 bits per heavy atom. The van der Waals surface area contributed by atoms with Crippen molar-refractivity contribution in [2.24, 2.45) is 4.99 Å². The minimum absolute atomic E-state index is 0.310. The summed E-state index contributed by atoms with van der Waals surface area (Å²) in [5, 5.41) is 0. The molecule has 0 saturated carbocycles. The lowest BCUT2D eigenvalue weighted by atomic mass is 10.1. The van der Waals surface area contributed by atoms with Crippen LogP contribution in [-0.2, 0) is 16.0 Å². The Labute approximate surface area is 146 Å². The molecule has 25 heavy (non-hydrogen) atoms. The van der Waals surface area contributed by atoms with Gasteiger partial charge in [0.2, 0.25) is 5.90 Å². The van der Waals surface area contributed by atoms with Crippen LogP contribution in [0.1, 0.15) is 16.7 Å². The Balaban J connectivity index is 1.83. The van der Waals surface area contributed by atoms with Crippen molar-refractivity contribution < 1.29 is 19.0 Å². The van der Waals surface area contributed by atoms with Gasteiger partial charge in [0.1, 0.15) is 0 Å². The number of cyclic esters (lactones) is 1. The number of rotatable bonds is 5. The van der Waals surface area contributed by atoms with Gasteiger partial charge in [0.25, 0.3) is 0 Å². The zero-order valence-corrected chi connectivity index (χ0v) is 14.4. The number of carbonyl (C=O) groups excluding carboxylic acids is 1. The average Bonchev–Trinajstić information content (AvgIpc) is 2.96. The molecule has 0 aromatic heterocycles. The van der Waals surface area contributed by atoms with Crippen molar-refractivity contribution in [1.29, 1.82) is 0 Å². The van der Waals surface area contributed by atoms with Crippen LogP contribution >= 0.6 is 0 Å². The van der Waals surface area contributed by atoms with E-state index in [0.29, 0.717) is 29.5 Å². The van der Waals surface area contributed by atoms with Crippen molar-refractivity contribution in [3.05, 3.63) is 64.9 Å². The minimum Gasteiger partial charge on any atom is -0.493 e. The maximum atomic E-state index is 12.1. The summed E-state index contributed by atoms with van der Waals surface area (Å²) in [5.74, 6) is 1.22. The molecule has 2 aromatic carbocycles. The molecular weight excluding hydrogens is 318 g/mol. The van der Waals surface area contributed by atoms with Gasteiger partial charge in [-0.3, -0.25) is 0 Å². The van der Waals surface area contributed by atoms with Crippen molar-refractivity contribution >= 4 is 17.9 Å². The number of aliphatic imine (C=N–C) groups is 1. The summed E-state index contributed by atoms with van der Waals surface area (Å²) in [4.78, 5) is 16.4. The fraction of sp³-hybridized carbons (Fsp3) is 0.200. The maximum Gasteiger partial charge on any atom is 0.363 e. The molecule has 0 unspecified atom stereocenters. The van der Waals surface area contributed by atoms with E-state index in [1.54, 1.807) is 20.3 Å². The third-order valence-corrected chi connectivity index (χ3v) is 3.95. The Bertz CT molecular complexity index is 868. The highest BCUT2D eigenvalue weighted by molar-refractivity contribution is 6.07. The molecule has 0 N–H and O–H groups in total. The van der Waals surface area contributed by atoms with E-state index in [1.165, 1.54) is 0 Å². The summed E-state index contributed by atoms with van der Waals surface area (Å²) in [6.45, 7) is 1.99. The molecule has 2 aromatic rings. The van der Waals surface area contributed by atoms with Crippen molar-refractivity contribution in [2.75, 3.05) is 14.2 Å². The highest BCUT2D eigenvalue weighted by Crippen LogP contribution is 2.28. The Morgan fingerprint density at radius 1 is 1.08 bits per heavy atom. The van der Waals surface area contributed by atoms with E-state index in [0.717, 1.165) is 16.7 Å². The first-order valence-electron chi connectivity index (χ1n) is 7.88. The number of benzene rings is 2. The normalized spacial score (nSPS) is 15.1. The van der Waals surface area contributed by atoms with Gasteiger partial charge in [0, 0.05) is 6.42 Å². The van der Waals surface area contributed by atoms with Gasteiger partial charge < -0.3 is 14.2 Å². The highest BCUT2D eigenvalue weighted by atomic mass is 16.6. The van der Waals surface area contributed by atoms with Crippen LogP contribution < -0.4 is 9.47 Å². The van der Waals surface area contributed by atoms with E-state index in [1.807, 2.05) is 49.4 Å². The third kappa shape index (κ3) is 3.71. The van der Waals surface area contributed by atoms with Crippen LogP contribution in [0.4, 0.5) is 0 Å². The van der Waals surface area contributed by atoms with Crippen LogP contribution in [0.2, 0.25) is 0 Å². The second-order valence-corrected chi connectivity index (χ2v) is 5.65. The number of esters is 1. The molecule has 0 spiro atoms. The van der Waals surface area contributed by atoms with Crippen LogP contribution in [0.5, 0.6) is 11.5 Å². The van der Waals surface area contributed by atoms with E-state index in [9.17, 15) is 4.79 Å². The monoisotopic (exact) mass is 337 g/mol. The Kier molecular flexibility index (Phi) is 4.84. The van der Waals surface area contributed by atoms with Crippen LogP contribution in [0.3, 0.4) is 0 Å². The van der Waals surface area contributed by atoms with Crippen molar-refractivity contribution in [3.63, 3.8) is 0 Å². The summed E-state index contributed by atoms with van der Waals surface area (Å²) >= 11 is 0. The molecule has 0 atom stereocenters. The molecule has 0 aliphatic carbocycles. The zero-order chi connectivity index (χ0) is 17.8. The van der Waals surface area contributed by atoms with Crippen LogP contribution in [-0.4, -0.2) is 26.1 Å².